The Hall–Kier alpha value is -4.55. The van der Waals surface area contributed by atoms with Gasteiger partial charge in [-0.05, 0) is 59.4 Å². The fraction of sp³-hybridized carbons (Fsp3) is 0.367. The van der Waals surface area contributed by atoms with E-state index in [4.69, 9.17) is 19.0 Å². The lowest BCUT2D eigenvalue weighted by Crippen LogP contribution is -2.22. The van der Waals surface area contributed by atoms with Crippen molar-refractivity contribution in [1.29, 1.82) is 0 Å². The van der Waals surface area contributed by atoms with Crippen LogP contribution in [0.2, 0.25) is 0 Å². The number of ether oxygens (including phenoxy) is 3. The number of fused-ring (bicyclic) bond motifs is 3. The molecule has 0 saturated carbocycles. The molecule has 0 spiro atoms. The predicted octanol–water partition coefficient (Wildman–Crippen LogP) is 4.40. The fourth-order valence-electron chi connectivity index (χ4n) is 4.56. The number of nitrogens with one attached hydrogen (secondary N) is 2. The molecule has 1 aliphatic carbocycles. The summed E-state index contributed by atoms with van der Waals surface area (Å²) in [4.78, 5) is 42.2. The van der Waals surface area contributed by atoms with E-state index in [1.165, 1.54) is 0 Å². The third-order valence-electron chi connectivity index (χ3n) is 6.50. The Bertz CT molecular complexity index is 1400. The highest BCUT2D eigenvalue weighted by atomic mass is 16.8. The van der Waals surface area contributed by atoms with Crippen molar-refractivity contribution in [1.82, 2.24) is 4.73 Å². The molecule has 2 aromatic carbocycles. The first-order valence-electron chi connectivity index (χ1n) is 13.8. The van der Waals surface area contributed by atoms with Gasteiger partial charge < -0.3 is 35.1 Å². The van der Waals surface area contributed by atoms with Gasteiger partial charge in [-0.25, -0.2) is 4.79 Å². The van der Waals surface area contributed by atoms with Gasteiger partial charge in [-0.1, -0.05) is 32.4 Å². The molecule has 1 unspecified atom stereocenters. The number of carbonyl (C=O) groups is 3. The average Bonchev–Trinajstić information content (AvgIpc) is 3.44. The number of anilines is 2. The van der Waals surface area contributed by atoms with E-state index in [2.05, 4.69) is 10.6 Å². The van der Waals surface area contributed by atoms with Crippen molar-refractivity contribution >= 4 is 29.3 Å². The maximum absolute atomic E-state index is 12.5. The number of hydrogen-bond acceptors (Lipinski definition) is 9. The van der Waals surface area contributed by atoms with Crippen molar-refractivity contribution in [2.24, 2.45) is 0 Å². The van der Waals surface area contributed by atoms with Crippen LogP contribution in [0.3, 0.4) is 0 Å². The average molecular weight is 582 g/mol. The Morgan fingerprint density at radius 2 is 1.33 bits per heavy atom. The second-order valence-corrected chi connectivity index (χ2v) is 9.71. The lowest BCUT2D eigenvalue weighted by atomic mass is 9.97. The SMILES string of the molecule is CCCCOCC(=O)Nc1ccc2c(c1)C(COC(=O)On1c(O)ccc1O)c1cc(NC(=O)COCCC)ccc1-2. The van der Waals surface area contributed by atoms with Gasteiger partial charge in [0.05, 0.1) is 0 Å². The van der Waals surface area contributed by atoms with E-state index < -0.39 is 23.8 Å². The highest BCUT2D eigenvalue weighted by molar-refractivity contribution is 5.94. The summed E-state index contributed by atoms with van der Waals surface area (Å²) in [5.41, 5.74) is 4.39. The van der Waals surface area contributed by atoms with E-state index >= 15 is 0 Å². The lowest BCUT2D eigenvalue weighted by molar-refractivity contribution is -0.121. The summed E-state index contributed by atoms with van der Waals surface area (Å²) in [6, 6.07) is 13.2. The van der Waals surface area contributed by atoms with Crippen LogP contribution in [-0.2, 0) is 23.8 Å². The van der Waals surface area contributed by atoms with Crippen molar-refractivity contribution < 1.29 is 43.6 Å². The Balaban J connectivity index is 1.54. The molecular weight excluding hydrogens is 546 g/mol. The van der Waals surface area contributed by atoms with Crippen molar-refractivity contribution in [3.8, 4) is 22.9 Å². The lowest BCUT2D eigenvalue weighted by Gasteiger charge is -2.16. The molecule has 12 heteroatoms. The van der Waals surface area contributed by atoms with Gasteiger partial charge >= 0.3 is 6.16 Å². The fourth-order valence-corrected chi connectivity index (χ4v) is 4.56. The van der Waals surface area contributed by atoms with Crippen molar-refractivity contribution in [3.05, 3.63) is 59.7 Å². The van der Waals surface area contributed by atoms with Crippen LogP contribution in [0.4, 0.5) is 16.2 Å². The molecule has 224 valence electrons. The van der Waals surface area contributed by atoms with E-state index in [-0.39, 0.29) is 31.6 Å². The minimum atomic E-state index is -1.15. The first kappa shape index (κ1) is 30.4. The van der Waals surface area contributed by atoms with Gasteiger partial charge in [-0.15, -0.1) is 4.73 Å². The van der Waals surface area contributed by atoms with Crippen molar-refractivity contribution in [3.63, 3.8) is 0 Å². The largest absolute Gasteiger partial charge is 0.534 e. The summed E-state index contributed by atoms with van der Waals surface area (Å²) in [6.45, 7) is 4.66. The maximum Gasteiger partial charge on any atom is 0.534 e. The van der Waals surface area contributed by atoms with Crippen LogP contribution in [0, 0.1) is 0 Å². The van der Waals surface area contributed by atoms with E-state index in [1.54, 1.807) is 24.3 Å². The minimum Gasteiger partial charge on any atom is -0.492 e. The van der Waals surface area contributed by atoms with Gasteiger partial charge in [0.1, 0.15) is 19.8 Å². The van der Waals surface area contributed by atoms with Gasteiger partial charge in [0.15, 0.2) is 0 Å². The zero-order valence-electron chi connectivity index (χ0n) is 23.6. The van der Waals surface area contributed by atoms with E-state index in [0.717, 1.165) is 53.6 Å². The third-order valence-corrected chi connectivity index (χ3v) is 6.50. The Morgan fingerprint density at radius 1 is 0.786 bits per heavy atom. The summed E-state index contributed by atoms with van der Waals surface area (Å²) in [7, 11) is 0. The first-order chi connectivity index (χ1) is 20.3. The Morgan fingerprint density at radius 3 is 1.86 bits per heavy atom. The number of aromatic nitrogens is 1. The number of carbonyl (C=O) groups excluding carboxylic acids is 3. The standard InChI is InChI=1S/C30H35N3O9/c1-3-5-13-40-18-27(35)32-20-7-9-22-21-8-6-19(31-26(34)17-39-12-4-2)14-23(21)25(24(22)15-20)16-41-30(38)42-33-28(36)10-11-29(33)37/h6-11,14-15,25,36-37H,3-5,12-13,16-18H2,1-2H3,(H,31,34)(H,32,35). The maximum atomic E-state index is 12.5. The van der Waals surface area contributed by atoms with Crippen molar-refractivity contribution in [2.75, 3.05) is 43.7 Å². The molecule has 3 aromatic rings. The summed E-state index contributed by atoms with van der Waals surface area (Å²) >= 11 is 0. The molecule has 1 heterocycles. The molecule has 0 aliphatic heterocycles. The second-order valence-electron chi connectivity index (χ2n) is 9.71. The molecule has 0 saturated heterocycles. The van der Waals surface area contributed by atoms with E-state index in [9.17, 15) is 24.6 Å². The van der Waals surface area contributed by atoms with Crippen LogP contribution >= 0.6 is 0 Å². The number of unbranched alkanes of at least 4 members (excludes halogenated alkanes) is 1. The second kappa shape index (κ2) is 14.4. The van der Waals surface area contributed by atoms with Crippen molar-refractivity contribution in [2.45, 2.75) is 39.0 Å². The van der Waals surface area contributed by atoms with Crippen LogP contribution in [-0.4, -0.2) is 65.9 Å². The van der Waals surface area contributed by atoms with Gasteiger partial charge in [-0.3, -0.25) is 14.4 Å². The molecule has 42 heavy (non-hydrogen) atoms. The van der Waals surface area contributed by atoms with Crippen LogP contribution in [0.1, 0.15) is 50.2 Å². The summed E-state index contributed by atoms with van der Waals surface area (Å²) in [6.07, 6.45) is 1.48. The van der Waals surface area contributed by atoms with Crippen LogP contribution in [0.25, 0.3) is 11.1 Å². The zero-order chi connectivity index (χ0) is 30.1. The van der Waals surface area contributed by atoms with Crippen LogP contribution < -0.4 is 15.5 Å². The summed E-state index contributed by atoms with van der Waals surface area (Å²) in [5.74, 6) is -2.04. The molecular formula is C30H35N3O9. The number of rotatable bonds is 14. The molecule has 0 fully saturated rings. The van der Waals surface area contributed by atoms with Crippen LogP contribution in [0.15, 0.2) is 48.5 Å². The summed E-state index contributed by atoms with van der Waals surface area (Å²) in [5, 5.41) is 25.2. The smallest absolute Gasteiger partial charge is 0.492 e. The molecule has 4 N–H and O–H groups in total. The molecule has 1 atom stereocenters. The molecule has 0 radical (unpaired) electrons. The zero-order valence-corrected chi connectivity index (χ0v) is 23.6. The Kier molecular flexibility index (Phi) is 10.4. The molecule has 2 amide bonds. The number of benzene rings is 2. The Labute approximate surface area is 243 Å². The molecule has 1 aliphatic rings. The normalized spacial score (nSPS) is 13.2. The number of aromatic hydroxyl groups is 2. The van der Waals surface area contributed by atoms with Crippen LogP contribution in [0.5, 0.6) is 11.8 Å². The predicted molar refractivity (Wildman–Crippen MR) is 154 cm³/mol. The quantitative estimate of drug-likeness (QED) is 0.160. The highest BCUT2D eigenvalue weighted by Crippen LogP contribution is 2.47. The van der Waals surface area contributed by atoms with Gasteiger partial charge in [0.2, 0.25) is 23.6 Å². The first-order valence-corrected chi connectivity index (χ1v) is 13.8. The molecule has 4 rings (SSSR count). The van der Waals surface area contributed by atoms with Gasteiger partial charge in [-0.2, -0.15) is 0 Å². The van der Waals surface area contributed by atoms with Gasteiger partial charge in [0, 0.05) is 42.6 Å². The topological polar surface area (TPSA) is 158 Å². The molecule has 1 aromatic heterocycles. The number of nitrogens with zero attached hydrogens (tertiary/aromatic N) is 1. The third kappa shape index (κ3) is 7.59. The summed E-state index contributed by atoms with van der Waals surface area (Å²) < 4.78 is 16.6. The van der Waals surface area contributed by atoms with E-state index in [1.807, 2.05) is 26.0 Å². The molecule has 0 bridgehead atoms. The number of amides is 2. The highest BCUT2D eigenvalue weighted by Gasteiger charge is 2.31. The molecule has 12 nitrogen and oxygen atoms in total. The number of hydrogen-bond donors (Lipinski definition) is 4. The minimum absolute atomic E-state index is 0.0696. The van der Waals surface area contributed by atoms with Gasteiger partial charge in [0.25, 0.3) is 0 Å². The monoisotopic (exact) mass is 581 g/mol. The van der Waals surface area contributed by atoms with E-state index in [0.29, 0.717) is 29.3 Å².